The fourth-order valence-corrected chi connectivity index (χ4v) is 4.51. The van der Waals surface area contributed by atoms with Crippen LogP contribution in [0.5, 0.6) is 17.2 Å². The van der Waals surface area contributed by atoms with Gasteiger partial charge in [-0.05, 0) is 74.3 Å². The minimum absolute atomic E-state index is 0. The predicted molar refractivity (Wildman–Crippen MR) is 141 cm³/mol. The first-order valence-corrected chi connectivity index (χ1v) is 12.3. The highest BCUT2D eigenvalue weighted by molar-refractivity contribution is 6.32. The number of ether oxygens (including phenoxy) is 3. The highest BCUT2D eigenvalue weighted by atomic mass is 35.5. The van der Waals surface area contributed by atoms with E-state index in [0.29, 0.717) is 25.2 Å². The van der Waals surface area contributed by atoms with E-state index in [-0.39, 0.29) is 29.8 Å². The fraction of sp³-hybridized carbons (Fsp3) is 0.444. The lowest BCUT2D eigenvalue weighted by atomic mass is 9.80. The number of carboxylic acid groups (broad SMARTS) is 1. The summed E-state index contributed by atoms with van der Waals surface area (Å²) in [7, 11) is 0. The molecule has 37 heavy (non-hydrogen) atoms. The number of nitrogens with zero attached hydrogens (tertiary/aromatic N) is 1. The molecule has 0 amide bonds. The number of likely N-dealkylation sites (tertiary alicyclic amines) is 1. The van der Waals surface area contributed by atoms with E-state index in [1.807, 2.05) is 25.1 Å². The molecular weight excluding hydrogens is 527 g/mol. The third-order valence-corrected chi connectivity index (χ3v) is 7.00. The van der Waals surface area contributed by atoms with E-state index in [2.05, 4.69) is 11.0 Å². The number of carboxylic acids is 1. The Hall–Kier alpha value is -2.55. The second-order valence-corrected chi connectivity index (χ2v) is 9.94. The molecule has 6 nitrogen and oxygen atoms in total. The summed E-state index contributed by atoms with van der Waals surface area (Å²) in [5, 5.41) is 9.67. The van der Waals surface area contributed by atoms with Gasteiger partial charge in [-0.1, -0.05) is 17.7 Å². The zero-order chi connectivity index (χ0) is 25.7. The highest BCUT2D eigenvalue weighted by Crippen LogP contribution is 2.34. The topological polar surface area (TPSA) is 68.2 Å². The van der Waals surface area contributed by atoms with Gasteiger partial charge in [0.05, 0.1) is 10.4 Å². The molecule has 0 atom stereocenters. The molecule has 1 saturated heterocycles. The third-order valence-electron chi connectivity index (χ3n) is 6.70. The number of aliphatic carboxylic acids is 1. The van der Waals surface area contributed by atoms with E-state index in [9.17, 15) is 18.7 Å². The lowest BCUT2D eigenvalue weighted by Crippen LogP contribution is -2.43. The Morgan fingerprint density at radius 2 is 1.92 bits per heavy atom. The van der Waals surface area contributed by atoms with E-state index >= 15 is 0 Å². The van der Waals surface area contributed by atoms with Gasteiger partial charge in [-0.25, -0.2) is 8.78 Å². The second-order valence-electron chi connectivity index (χ2n) is 9.53. The number of hydrogen-bond donors (Lipinski definition) is 1. The summed E-state index contributed by atoms with van der Waals surface area (Å²) in [5.41, 5.74) is 2.27. The molecule has 2 aromatic carbocycles. The molecule has 0 unspecified atom stereocenters. The van der Waals surface area contributed by atoms with Crippen LogP contribution in [0, 0.1) is 5.41 Å². The maximum atomic E-state index is 12.7. The Bertz CT molecular complexity index is 1120. The van der Waals surface area contributed by atoms with Crippen molar-refractivity contribution < 1.29 is 32.9 Å². The van der Waals surface area contributed by atoms with Crippen molar-refractivity contribution in [3.05, 3.63) is 58.1 Å². The predicted octanol–water partition coefficient (Wildman–Crippen LogP) is 5.99. The summed E-state index contributed by atoms with van der Waals surface area (Å²) in [6, 6.07) is 10.6. The lowest BCUT2D eigenvalue weighted by Gasteiger charge is -2.37. The number of rotatable bonds is 10. The molecule has 2 aliphatic heterocycles. The Morgan fingerprint density at radius 1 is 1.19 bits per heavy atom. The van der Waals surface area contributed by atoms with Gasteiger partial charge in [0.25, 0.3) is 0 Å². The zero-order valence-corrected chi connectivity index (χ0v) is 22.1. The van der Waals surface area contributed by atoms with Crippen LogP contribution < -0.4 is 14.2 Å². The molecular formula is C27H31Cl2F2NO5. The molecule has 1 N–H and O–H groups in total. The number of piperidine rings is 1. The standard InChI is InChI=1S/C27H30ClF2NO5.ClH/c1-27(26(32)33)6-8-31(9-7-27)15-19-10-20-3-4-21(12-25(20)35-17-19)34-16-18-2-5-24(23(28)11-18)36-22(13-29)14-30;/h2-5,10-12,22H,6-9,13-17H2,1H3,(H,32,33);1H. The van der Waals surface area contributed by atoms with E-state index in [1.165, 1.54) is 0 Å². The van der Waals surface area contributed by atoms with E-state index in [0.717, 1.165) is 42.1 Å². The maximum absolute atomic E-state index is 12.7. The van der Waals surface area contributed by atoms with Gasteiger partial charge in [-0.2, -0.15) is 0 Å². The van der Waals surface area contributed by atoms with Crippen molar-refractivity contribution in [2.24, 2.45) is 5.41 Å². The van der Waals surface area contributed by atoms with Crippen molar-refractivity contribution in [3.63, 3.8) is 0 Å². The Kier molecular flexibility index (Phi) is 10.0. The van der Waals surface area contributed by atoms with E-state index in [1.54, 1.807) is 18.2 Å². The largest absolute Gasteiger partial charge is 0.489 e. The van der Waals surface area contributed by atoms with Crippen molar-refractivity contribution in [2.45, 2.75) is 32.5 Å². The SMILES string of the molecule is CC1(C(=O)O)CCN(CC2=Cc3ccc(OCc4ccc(OC(CF)CF)c(Cl)c4)cc3OC2)CC1.Cl. The van der Waals surface area contributed by atoms with Gasteiger partial charge in [-0.15, -0.1) is 12.4 Å². The molecule has 0 radical (unpaired) electrons. The molecule has 0 aliphatic carbocycles. The first-order valence-electron chi connectivity index (χ1n) is 11.9. The molecule has 10 heteroatoms. The third kappa shape index (κ3) is 7.27. The fourth-order valence-electron chi connectivity index (χ4n) is 4.26. The maximum Gasteiger partial charge on any atom is 0.309 e. The van der Waals surface area contributed by atoms with Crippen molar-refractivity contribution in [1.29, 1.82) is 0 Å². The molecule has 1 fully saturated rings. The lowest BCUT2D eigenvalue weighted by molar-refractivity contribution is -0.150. The molecule has 0 saturated carbocycles. The average molecular weight is 558 g/mol. The molecule has 202 valence electrons. The van der Waals surface area contributed by atoms with Crippen LogP contribution in [0.25, 0.3) is 6.08 Å². The second kappa shape index (κ2) is 12.8. The van der Waals surface area contributed by atoms with Crippen molar-refractivity contribution in [1.82, 2.24) is 4.90 Å². The van der Waals surface area contributed by atoms with Crippen molar-refractivity contribution in [3.8, 4) is 17.2 Å². The summed E-state index contributed by atoms with van der Waals surface area (Å²) in [6.45, 7) is 2.94. The molecule has 0 bridgehead atoms. The number of hydrogen-bond acceptors (Lipinski definition) is 5. The molecule has 0 spiro atoms. The highest BCUT2D eigenvalue weighted by Gasteiger charge is 2.36. The summed E-state index contributed by atoms with van der Waals surface area (Å²) in [4.78, 5) is 13.7. The Balaban J connectivity index is 0.00000380. The van der Waals surface area contributed by atoms with Crippen LogP contribution >= 0.6 is 24.0 Å². The summed E-state index contributed by atoms with van der Waals surface area (Å²) < 4.78 is 42.5. The van der Waals surface area contributed by atoms with E-state index < -0.39 is 30.8 Å². The molecule has 2 heterocycles. The van der Waals surface area contributed by atoms with Crippen LogP contribution in [0.3, 0.4) is 0 Å². The zero-order valence-electron chi connectivity index (χ0n) is 20.6. The minimum atomic E-state index is -1.16. The Morgan fingerprint density at radius 3 is 2.57 bits per heavy atom. The van der Waals surface area contributed by atoms with Gasteiger partial charge in [0.1, 0.15) is 43.8 Å². The minimum Gasteiger partial charge on any atom is -0.489 e. The van der Waals surface area contributed by atoms with Crippen LogP contribution in [-0.2, 0) is 11.4 Å². The number of alkyl halides is 2. The van der Waals surface area contributed by atoms with Crippen LogP contribution in [0.2, 0.25) is 5.02 Å². The van der Waals surface area contributed by atoms with Gasteiger partial charge in [0.2, 0.25) is 0 Å². The van der Waals surface area contributed by atoms with Gasteiger partial charge >= 0.3 is 5.97 Å². The van der Waals surface area contributed by atoms with Gasteiger partial charge < -0.3 is 19.3 Å². The van der Waals surface area contributed by atoms with Crippen molar-refractivity contribution >= 4 is 36.1 Å². The van der Waals surface area contributed by atoms with Crippen LogP contribution in [-0.4, -0.2) is 61.7 Å². The molecule has 2 aliphatic rings. The summed E-state index contributed by atoms with van der Waals surface area (Å²) in [6.07, 6.45) is 2.24. The smallest absolute Gasteiger partial charge is 0.309 e. The quantitative estimate of drug-likeness (QED) is 0.387. The van der Waals surface area contributed by atoms with Crippen molar-refractivity contribution in [2.75, 3.05) is 39.6 Å². The number of benzene rings is 2. The Labute approximate surface area is 226 Å². The molecule has 4 rings (SSSR count). The van der Waals surface area contributed by atoms with E-state index in [4.69, 9.17) is 25.8 Å². The first-order chi connectivity index (χ1) is 17.3. The summed E-state index contributed by atoms with van der Waals surface area (Å²) in [5.74, 6) is 0.884. The number of carbonyl (C=O) groups is 1. The summed E-state index contributed by atoms with van der Waals surface area (Å²) >= 11 is 6.19. The van der Waals surface area contributed by atoms with Gasteiger partial charge in [0, 0.05) is 18.2 Å². The van der Waals surface area contributed by atoms with Gasteiger partial charge in [0.15, 0.2) is 6.10 Å². The van der Waals surface area contributed by atoms with Crippen LogP contribution in [0.4, 0.5) is 8.78 Å². The monoisotopic (exact) mass is 557 g/mol. The normalized spacial score (nSPS) is 16.7. The molecule has 2 aromatic rings. The molecule has 0 aromatic heterocycles. The van der Waals surface area contributed by atoms with Gasteiger partial charge in [-0.3, -0.25) is 9.69 Å². The number of halogens is 4. The van der Waals surface area contributed by atoms with Crippen LogP contribution in [0.1, 0.15) is 30.9 Å². The number of fused-ring (bicyclic) bond motifs is 1. The first kappa shape index (κ1) is 29.0. The average Bonchev–Trinajstić information content (AvgIpc) is 2.88. The van der Waals surface area contributed by atoms with Crippen LogP contribution in [0.15, 0.2) is 42.0 Å².